The van der Waals surface area contributed by atoms with E-state index in [0.717, 1.165) is 22.5 Å². The zero-order valence-corrected chi connectivity index (χ0v) is 52.1. The van der Waals surface area contributed by atoms with Crippen LogP contribution in [0.5, 0.6) is 0 Å². The SMILES string of the molecule is CCC(=O)N(C)c1ccc(-c2nc(C(=O)NCc3ccc(C)nc3C)cs2)cc1F.CCC(=O)N(C)c1ccc(-c2nc(C(=O)NCc3ccc(Cl)nc3)cs2)cc1F.CCC(=O)N(C)c1ccc(-c2nc(C(=O)NCc3ccc(F)nc3)cs2)cc1F. The van der Waals surface area contributed by atoms with Crippen LogP contribution in [0.4, 0.5) is 34.6 Å². The van der Waals surface area contributed by atoms with Crippen LogP contribution in [-0.4, -0.2) is 86.5 Å². The molecule has 6 heterocycles. The van der Waals surface area contributed by atoms with E-state index in [1.54, 1.807) is 86.6 Å². The summed E-state index contributed by atoms with van der Waals surface area (Å²) in [6, 6.07) is 23.6. The van der Waals surface area contributed by atoms with E-state index >= 15 is 0 Å². The molecule has 9 rings (SSSR count). The molecule has 18 nitrogen and oxygen atoms in total. The van der Waals surface area contributed by atoms with Crippen LogP contribution in [0.25, 0.3) is 31.7 Å². The maximum atomic E-state index is 14.5. The highest BCUT2D eigenvalue weighted by Gasteiger charge is 2.21. The van der Waals surface area contributed by atoms with E-state index in [2.05, 4.69) is 45.9 Å². The molecule has 456 valence electrons. The number of aryl methyl sites for hydroxylation is 2. The fourth-order valence-electron chi connectivity index (χ4n) is 8.12. The summed E-state index contributed by atoms with van der Waals surface area (Å²) in [6.45, 7) is 9.80. The lowest BCUT2D eigenvalue weighted by molar-refractivity contribution is -0.118. The number of nitrogens with zero attached hydrogens (tertiary/aromatic N) is 9. The Morgan fingerprint density at radius 1 is 0.477 bits per heavy atom. The first kappa shape index (κ1) is 66.4. The van der Waals surface area contributed by atoms with E-state index < -0.39 is 29.3 Å². The molecule has 0 bridgehead atoms. The van der Waals surface area contributed by atoms with Gasteiger partial charge in [0.2, 0.25) is 23.7 Å². The lowest BCUT2D eigenvalue weighted by Gasteiger charge is -2.17. The molecule has 0 aliphatic rings. The van der Waals surface area contributed by atoms with Crippen LogP contribution >= 0.6 is 45.6 Å². The third-order valence-electron chi connectivity index (χ3n) is 13.2. The van der Waals surface area contributed by atoms with Gasteiger partial charge >= 0.3 is 0 Å². The molecule has 0 spiro atoms. The van der Waals surface area contributed by atoms with E-state index in [9.17, 15) is 46.3 Å². The van der Waals surface area contributed by atoms with Gasteiger partial charge in [-0.25, -0.2) is 38.1 Å². The van der Waals surface area contributed by atoms with Gasteiger partial charge in [-0.15, -0.1) is 34.0 Å². The number of thiazole rings is 3. The zero-order valence-electron chi connectivity index (χ0n) is 48.9. The van der Waals surface area contributed by atoms with Crippen LogP contribution in [0.15, 0.2) is 120 Å². The highest BCUT2D eigenvalue weighted by atomic mass is 35.5. The maximum Gasteiger partial charge on any atom is 0.271 e. The largest absolute Gasteiger partial charge is 0.347 e. The molecule has 0 aliphatic carbocycles. The number of carbonyl (C=O) groups is 6. The van der Waals surface area contributed by atoms with Crippen LogP contribution in [0.2, 0.25) is 5.15 Å². The van der Waals surface area contributed by atoms with Crippen molar-refractivity contribution in [1.82, 2.24) is 45.9 Å². The molecular formula is C62H59ClF4N12O6S3. The fourth-order valence-corrected chi connectivity index (χ4v) is 10.6. The van der Waals surface area contributed by atoms with E-state index in [1.807, 2.05) is 26.0 Å². The number of amides is 6. The minimum absolute atomic E-state index is 0.172. The monoisotopic (exact) mass is 1270 g/mol. The van der Waals surface area contributed by atoms with Crippen LogP contribution in [0.3, 0.4) is 0 Å². The van der Waals surface area contributed by atoms with Crippen molar-refractivity contribution in [2.45, 2.75) is 73.5 Å². The minimum atomic E-state index is -0.590. The van der Waals surface area contributed by atoms with Crippen LogP contribution < -0.4 is 30.7 Å². The molecule has 0 fully saturated rings. The second kappa shape index (κ2) is 31.0. The van der Waals surface area contributed by atoms with Crippen molar-refractivity contribution in [3.63, 3.8) is 0 Å². The standard InChI is InChI=1S/C22H23FN4O2S.C20H18ClFN4O2S.C20H18F2N4O2S/c1-5-20(28)27(4)19-9-8-15(10-17(19)23)22-26-18(12-30-22)21(29)24-11-16-7-6-13(2)25-14(16)3;1-3-18(27)26(2)16-6-5-13(8-14(16)22)20-25-15(11-29-20)19(28)24-10-12-4-7-17(21)23-9-12;1-3-18(27)26(2)16-6-5-13(8-14(16)21)20-25-15(11-29-20)19(28)24-10-12-4-7-17(22)23-9-12/h6-10,12H,5,11H2,1-4H3,(H,24,29);2*4-9,11H,3,10H2,1-2H3,(H,24,28). The summed E-state index contributed by atoms with van der Waals surface area (Å²) >= 11 is 9.45. The maximum absolute atomic E-state index is 14.5. The Balaban J connectivity index is 0.000000188. The van der Waals surface area contributed by atoms with Gasteiger partial charge in [0.15, 0.2) is 0 Å². The summed E-state index contributed by atoms with van der Waals surface area (Å²) in [4.78, 5) is 101. The number of rotatable bonds is 18. The number of aromatic nitrogens is 6. The van der Waals surface area contributed by atoms with Gasteiger partial charge in [-0.3, -0.25) is 33.8 Å². The highest BCUT2D eigenvalue weighted by Crippen LogP contribution is 2.32. The Morgan fingerprint density at radius 2 is 0.852 bits per heavy atom. The van der Waals surface area contributed by atoms with Crippen LogP contribution in [0, 0.1) is 37.2 Å². The van der Waals surface area contributed by atoms with E-state index in [-0.39, 0.29) is 89.6 Å². The number of anilines is 3. The first-order valence-electron chi connectivity index (χ1n) is 27.1. The number of carbonyl (C=O) groups excluding carboxylic acids is 6. The lowest BCUT2D eigenvalue weighted by Crippen LogP contribution is -2.26. The molecule has 3 aromatic carbocycles. The van der Waals surface area contributed by atoms with Crippen molar-refractivity contribution in [3.05, 3.63) is 193 Å². The third kappa shape index (κ3) is 17.5. The summed E-state index contributed by atoms with van der Waals surface area (Å²) in [6.07, 6.45) is 3.78. The number of benzene rings is 3. The molecule has 6 aromatic heterocycles. The molecule has 0 radical (unpaired) electrons. The van der Waals surface area contributed by atoms with E-state index in [0.29, 0.717) is 55.4 Å². The third-order valence-corrected chi connectivity index (χ3v) is 16.1. The molecule has 0 aliphatic heterocycles. The molecule has 88 heavy (non-hydrogen) atoms. The molecule has 0 saturated carbocycles. The molecule has 6 amide bonds. The molecule has 3 N–H and O–H groups in total. The summed E-state index contributed by atoms with van der Waals surface area (Å²) in [5.74, 6) is -3.76. The van der Waals surface area contributed by atoms with Crippen molar-refractivity contribution in [3.8, 4) is 31.7 Å². The highest BCUT2D eigenvalue weighted by molar-refractivity contribution is 7.14. The predicted octanol–water partition coefficient (Wildman–Crippen LogP) is 12.4. The number of hydrogen-bond donors (Lipinski definition) is 3. The quantitative estimate of drug-likeness (QED) is 0.0539. The molecule has 0 unspecified atom stereocenters. The fraction of sp³-hybridized carbons (Fsp3) is 0.226. The minimum Gasteiger partial charge on any atom is -0.347 e. The summed E-state index contributed by atoms with van der Waals surface area (Å²) in [5.41, 5.74) is 7.10. The van der Waals surface area contributed by atoms with Gasteiger partial charge in [-0.2, -0.15) is 4.39 Å². The smallest absolute Gasteiger partial charge is 0.271 e. The topological polar surface area (TPSA) is 226 Å². The van der Waals surface area contributed by atoms with Crippen molar-refractivity contribution in [1.29, 1.82) is 0 Å². The number of nitrogens with one attached hydrogen (secondary N) is 3. The van der Waals surface area contributed by atoms with Gasteiger partial charge in [0.25, 0.3) is 17.7 Å². The van der Waals surface area contributed by atoms with Crippen molar-refractivity contribution in [2.75, 3.05) is 35.8 Å². The van der Waals surface area contributed by atoms with Crippen LogP contribution in [-0.2, 0) is 34.0 Å². The number of pyridine rings is 3. The van der Waals surface area contributed by atoms with Crippen molar-refractivity contribution >= 4 is 98.1 Å². The summed E-state index contributed by atoms with van der Waals surface area (Å²) in [5, 5.41) is 15.0. The van der Waals surface area contributed by atoms with Gasteiger partial charge in [-0.05, 0) is 103 Å². The van der Waals surface area contributed by atoms with Gasteiger partial charge in [0.1, 0.15) is 54.7 Å². The average molecular weight is 1280 g/mol. The lowest BCUT2D eigenvalue weighted by atomic mass is 10.2. The van der Waals surface area contributed by atoms with Gasteiger partial charge in [0, 0.05) is 117 Å². The molecule has 0 atom stereocenters. The van der Waals surface area contributed by atoms with Crippen molar-refractivity contribution < 1.29 is 46.3 Å². The number of halogens is 5. The second-order valence-corrected chi connectivity index (χ2v) is 22.2. The van der Waals surface area contributed by atoms with Gasteiger partial charge in [0.05, 0.1) is 17.1 Å². The Bertz CT molecular complexity index is 3810. The summed E-state index contributed by atoms with van der Waals surface area (Å²) < 4.78 is 56.3. The summed E-state index contributed by atoms with van der Waals surface area (Å²) in [7, 11) is 4.60. The molecule has 26 heteroatoms. The Hall–Kier alpha value is -9.17. The van der Waals surface area contributed by atoms with Gasteiger partial charge in [-0.1, -0.05) is 50.6 Å². The van der Waals surface area contributed by atoms with E-state index in [4.69, 9.17) is 11.6 Å². The second-order valence-electron chi connectivity index (χ2n) is 19.3. The normalized spacial score (nSPS) is 10.6. The molecular weight excluding hydrogens is 1220 g/mol. The number of hydrogen-bond acceptors (Lipinski definition) is 15. The predicted molar refractivity (Wildman–Crippen MR) is 334 cm³/mol. The average Bonchev–Trinajstić information content (AvgIpc) is 4.28. The van der Waals surface area contributed by atoms with Gasteiger partial charge < -0.3 is 30.7 Å². The van der Waals surface area contributed by atoms with Crippen molar-refractivity contribution in [2.24, 2.45) is 0 Å². The first-order valence-corrected chi connectivity index (χ1v) is 30.1. The Morgan fingerprint density at radius 3 is 1.18 bits per heavy atom. The van der Waals surface area contributed by atoms with Crippen LogP contribution in [0.1, 0.15) is 99.6 Å². The molecule has 0 saturated heterocycles. The Labute approximate surface area is 521 Å². The first-order chi connectivity index (χ1) is 42.1. The Kier molecular flexibility index (Phi) is 23.3. The molecule has 9 aromatic rings. The van der Waals surface area contributed by atoms with E-state index in [1.165, 1.54) is 111 Å². The zero-order chi connectivity index (χ0) is 63.8.